The van der Waals surface area contributed by atoms with Gasteiger partial charge in [0, 0.05) is 56.5 Å². The fourth-order valence-corrected chi connectivity index (χ4v) is 6.43. The van der Waals surface area contributed by atoms with E-state index in [0.29, 0.717) is 12.1 Å². The maximum atomic E-state index is 3.89. The quantitative estimate of drug-likeness (QED) is 0.533. The van der Waals surface area contributed by atoms with E-state index in [9.17, 15) is 0 Å². The van der Waals surface area contributed by atoms with Crippen molar-refractivity contribution in [2.24, 2.45) is 0 Å². The van der Waals surface area contributed by atoms with E-state index in [1.165, 1.54) is 22.3 Å². The second kappa shape index (κ2) is 9.42. The van der Waals surface area contributed by atoms with Gasteiger partial charge >= 0.3 is 0 Å². The minimum Gasteiger partial charge on any atom is -0.314 e. The highest BCUT2D eigenvalue weighted by Gasteiger charge is 2.48. The average molecular weight is 451 g/mol. The molecule has 4 nitrogen and oxygen atoms in total. The molecule has 30 heavy (non-hydrogen) atoms. The first-order chi connectivity index (χ1) is 14.0. The Bertz CT molecular complexity index is 706. The second-order valence-electron chi connectivity index (χ2n) is 11.1. The number of rotatable bonds is 4. The first kappa shape index (κ1) is 24.6. The van der Waals surface area contributed by atoms with Gasteiger partial charge in [-0.2, -0.15) is 0 Å². The molecular weight excluding hydrogens is 406 g/mol. The van der Waals surface area contributed by atoms with E-state index in [2.05, 4.69) is 93.4 Å². The van der Waals surface area contributed by atoms with E-state index in [-0.39, 0.29) is 16.0 Å². The van der Waals surface area contributed by atoms with E-state index in [1.807, 2.05) is 0 Å². The van der Waals surface area contributed by atoms with Gasteiger partial charge in [-0.15, -0.1) is 18.5 Å². The van der Waals surface area contributed by atoms with Crippen LogP contribution in [0.25, 0.3) is 0 Å². The Labute approximate surface area is 189 Å². The minimum atomic E-state index is -0.114. The Balaban J connectivity index is 2.33. The molecule has 0 aliphatic carbocycles. The van der Waals surface area contributed by atoms with Crippen molar-refractivity contribution in [1.29, 1.82) is 0 Å². The molecule has 0 bridgehead atoms. The molecule has 4 N–H and O–H groups in total. The summed E-state index contributed by atoms with van der Waals surface area (Å²) in [6.07, 6.45) is 0.972. The fraction of sp³-hybridized carbons (Fsp3) is 0.750. The van der Waals surface area contributed by atoms with Crippen molar-refractivity contribution in [3.8, 4) is 0 Å². The van der Waals surface area contributed by atoms with Crippen LogP contribution in [0.4, 0.5) is 0 Å². The molecule has 2 heterocycles. The SMILES string of the molecule is CC(C)(C)c1ccc(CP)c(C(P)(C2CNCCN2)C2CNCCN2)c1C(C)(C)C. The molecule has 3 rings (SSSR count). The van der Waals surface area contributed by atoms with Crippen molar-refractivity contribution >= 4 is 18.5 Å². The smallest absolute Gasteiger partial charge is 0.0432 e. The molecule has 1 aromatic rings. The largest absolute Gasteiger partial charge is 0.314 e. The predicted octanol–water partition coefficient (Wildman–Crippen LogP) is 2.85. The van der Waals surface area contributed by atoms with Crippen LogP contribution in [-0.2, 0) is 22.1 Å². The van der Waals surface area contributed by atoms with Crippen molar-refractivity contribution < 1.29 is 0 Å². The van der Waals surface area contributed by atoms with Crippen LogP contribution in [0.2, 0.25) is 0 Å². The maximum Gasteiger partial charge on any atom is 0.0432 e. The third kappa shape index (κ3) is 4.80. The van der Waals surface area contributed by atoms with E-state index >= 15 is 0 Å². The van der Waals surface area contributed by atoms with E-state index in [1.54, 1.807) is 0 Å². The van der Waals surface area contributed by atoms with Crippen molar-refractivity contribution in [3.05, 3.63) is 34.4 Å². The first-order valence-electron chi connectivity index (χ1n) is 11.6. The number of nitrogens with one attached hydrogen (secondary N) is 4. The molecule has 4 unspecified atom stereocenters. The highest BCUT2D eigenvalue weighted by molar-refractivity contribution is 7.18. The summed E-state index contributed by atoms with van der Waals surface area (Å²) in [6, 6.07) is 5.48. The summed E-state index contributed by atoms with van der Waals surface area (Å²) in [5.41, 5.74) is 6.15. The monoisotopic (exact) mass is 450 g/mol. The molecule has 2 aliphatic rings. The van der Waals surface area contributed by atoms with E-state index in [4.69, 9.17) is 0 Å². The summed E-state index contributed by atoms with van der Waals surface area (Å²) >= 11 is 0. The Morgan fingerprint density at radius 1 is 0.800 bits per heavy atom. The molecule has 1 aromatic carbocycles. The van der Waals surface area contributed by atoms with Crippen LogP contribution >= 0.6 is 18.5 Å². The standard InChI is InChI=1S/C24H44N4P2/c1-22(2,3)17-8-7-16(15-29)20(21(17)23(4,5)6)24(30,18-13-25-9-11-27-18)19-14-26-10-12-28-19/h7-8,18-19,25-28H,9-15,29-30H2,1-6H3. The zero-order valence-corrected chi connectivity index (χ0v) is 22.2. The van der Waals surface area contributed by atoms with E-state index in [0.717, 1.165) is 45.4 Å². The van der Waals surface area contributed by atoms with Gasteiger partial charge in [0.25, 0.3) is 0 Å². The summed E-state index contributed by atoms with van der Waals surface area (Å²) in [6.45, 7) is 20.3. The summed E-state index contributed by atoms with van der Waals surface area (Å²) in [7, 11) is 6.36. The van der Waals surface area contributed by atoms with Crippen molar-refractivity contribution in [3.63, 3.8) is 0 Å². The molecule has 0 saturated carbocycles. The number of piperazine rings is 2. The molecule has 2 saturated heterocycles. The number of benzene rings is 1. The van der Waals surface area contributed by atoms with Crippen LogP contribution < -0.4 is 21.3 Å². The molecule has 0 radical (unpaired) electrons. The lowest BCUT2D eigenvalue weighted by molar-refractivity contribution is 0.252. The first-order valence-corrected chi connectivity index (χ1v) is 12.9. The van der Waals surface area contributed by atoms with Gasteiger partial charge in [0.15, 0.2) is 0 Å². The van der Waals surface area contributed by atoms with Crippen LogP contribution in [0.15, 0.2) is 12.1 Å². The summed E-state index contributed by atoms with van der Waals surface area (Å²) in [5, 5.41) is 15.0. The highest BCUT2D eigenvalue weighted by atomic mass is 31.0. The molecule has 6 heteroatoms. The molecular formula is C24H44N4P2. The van der Waals surface area contributed by atoms with Gasteiger partial charge < -0.3 is 21.3 Å². The van der Waals surface area contributed by atoms with Crippen LogP contribution in [0.5, 0.6) is 0 Å². The topological polar surface area (TPSA) is 48.1 Å². The number of hydrogen-bond acceptors (Lipinski definition) is 4. The summed E-state index contributed by atoms with van der Waals surface area (Å²) < 4.78 is 0. The van der Waals surface area contributed by atoms with Crippen LogP contribution in [0.3, 0.4) is 0 Å². The fourth-order valence-electron chi connectivity index (χ4n) is 5.29. The van der Waals surface area contributed by atoms with Gasteiger partial charge in [0.05, 0.1) is 0 Å². The maximum absolute atomic E-state index is 3.89. The van der Waals surface area contributed by atoms with Gasteiger partial charge in [-0.1, -0.05) is 53.7 Å². The van der Waals surface area contributed by atoms with Crippen molar-refractivity contribution in [2.45, 2.75) is 75.8 Å². The third-order valence-electron chi connectivity index (χ3n) is 6.74. The van der Waals surface area contributed by atoms with Crippen LogP contribution in [-0.4, -0.2) is 51.4 Å². The van der Waals surface area contributed by atoms with Crippen molar-refractivity contribution in [1.82, 2.24) is 21.3 Å². The molecule has 0 spiro atoms. The molecule has 2 fully saturated rings. The number of hydrogen-bond donors (Lipinski definition) is 4. The highest BCUT2D eigenvalue weighted by Crippen LogP contribution is 2.49. The Kier molecular flexibility index (Phi) is 7.71. The lowest BCUT2D eigenvalue weighted by atomic mass is 9.67. The summed E-state index contributed by atoms with van der Waals surface area (Å²) in [5.74, 6) is 0. The van der Waals surface area contributed by atoms with Crippen LogP contribution in [0, 0.1) is 0 Å². The second-order valence-corrected chi connectivity index (χ2v) is 12.4. The normalized spacial score (nSPS) is 25.7. The predicted molar refractivity (Wildman–Crippen MR) is 138 cm³/mol. The lowest BCUT2D eigenvalue weighted by Gasteiger charge is -2.51. The molecule has 2 aliphatic heterocycles. The summed E-state index contributed by atoms with van der Waals surface area (Å²) in [4.78, 5) is 0. The van der Waals surface area contributed by atoms with Crippen LogP contribution in [0.1, 0.15) is 63.8 Å². The zero-order valence-electron chi connectivity index (χ0n) is 19.9. The average Bonchev–Trinajstić information content (AvgIpc) is 2.72. The van der Waals surface area contributed by atoms with Gasteiger partial charge in [-0.25, -0.2) is 0 Å². The zero-order chi connectivity index (χ0) is 22.2. The molecule has 0 aromatic heterocycles. The van der Waals surface area contributed by atoms with Crippen molar-refractivity contribution in [2.75, 3.05) is 39.3 Å². The Hall–Kier alpha value is -0.0800. The molecule has 0 amide bonds. The minimum absolute atomic E-state index is 0.0554. The third-order valence-corrected chi connectivity index (χ3v) is 8.27. The Morgan fingerprint density at radius 3 is 1.70 bits per heavy atom. The van der Waals surface area contributed by atoms with Gasteiger partial charge in [0.1, 0.15) is 0 Å². The van der Waals surface area contributed by atoms with E-state index < -0.39 is 0 Å². The molecule has 4 atom stereocenters. The van der Waals surface area contributed by atoms with Gasteiger partial charge in [-0.05, 0) is 39.2 Å². The van der Waals surface area contributed by atoms with Gasteiger partial charge in [0.2, 0.25) is 0 Å². The molecule has 170 valence electrons. The van der Waals surface area contributed by atoms with Gasteiger partial charge in [-0.3, -0.25) is 0 Å². The Morgan fingerprint density at radius 2 is 1.33 bits per heavy atom. The lowest BCUT2D eigenvalue weighted by Crippen LogP contribution is -2.67.